The molecule has 2 aliphatic rings. The van der Waals surface area contributed by atoms with Crippen LogP contribution in [0.3, 0.4) is 0 Å². The second-order valence-corrected chi connectivity index (χ2v) is 8.18. The predicted octanol–water partition coefficient (Wildman–Crippen LogP) is 1.14. The summed E-state index contributed by atoms with van der Waals surface area (Å²) in [5, 5.41) is 12.8. The first-order valence-corrected chi connectivity index (χ1v) is 10.7. The van der Waals surface area contributed by atoms with Crippen LogP contribution in [0.4, 0.5) is 18.9 Å². The number of carbonyl (C=O) groups excluding carboxylic acids is 2. The van der Waals surface area contributed by atoms with Gasteiger partial charge in [0.05, 0.1) is 16.7 Å². The van der Waals surface area contributed by atoms with Crippen molar-refractivity contribution in [2.45, 2.75) is 43.9 Å². The molecule has 1 aromatic carbocycles. The molecule has 13 heteroatoms. The Morgan fingerprint density at radius 2 is 1.76 bits per heavy atom. The van der Waals surface area contributed by atoms with E-state index < -0.39 is 24.1 Å². The number of fused-ring (bicyclic) bond motifs is 1. The van der Waals surface area contributed by atoms with Crippen LogP contribution in [0.5, 0.6) is 0 Å². The van der Waals surface area contributed by atoms with E-state index in [0.717, 1.165) is 42.7 Å². The fourth-order valence-corrected chi connectivity index (χ4v) is 4.31. The van der Waals surface area contributed by atoms with Gasteiger partial charge in [-0.3, -0.25) is 24.0 Å². The molecule has 0 saturated carbocycles. The number of aliphatic carboxylic acids is 1. The highest BCUT2D eigenvalue weighted by molar-refractivity contribution is 6.00. The van der Waals surface area contributed by atoms with Gasteiger partial charge in [0.25, 0.3) is 0 Å². The van der Waals surface area contributed by atoms with Gasteiger partial charge in [0.15, 0.2) is 0 Å². The zero-order valence-electron chi connectivity index (χ0n) is 18.7. The number of nitrogens with zero attached hydrogens (tertiary/aromatic N) is 3. The van der Waals surface area contributed by atoms with Crippen LogP contribution < -0.4 is 21.2 Å². The third-order valence-electron chi connectivity index (χ3n) is 6.09. The topological polar surface area (TPSA) is 126 Å². The number of alkyl halides is 3. The molecule has 0 spiro atoms. The summed E-state index contributed by atoms with van der Waals surface area (Å²) < 4.78 is 34.9. The Hall–Kier alpha value is -3.35. The van der Waals surface area contributed by atoms with Crippen molar-refractivity contribution in [3.05, 3.63) is 28.7 Å². The molecule has 2 aliphatic heterocycles. The van der Waals surface area contributed by atoms with Gasteiger partial charge in [0.1, 0.15) is 6.04 Å². The maximum atomic E-state index is 13.0. The number of para-hydroxylation sites is 1. The molecule has 1 atom stereocenters. The number of benzene rings is 1. The SMILES string of the molecule is CNC1CCN(c2cccc3c2n(C)c(=O)n3C2CCC(=O)NC2=O)CC1.O=C(O)C(F)(F)F. The molecule has 3 N–H and O–H groups in total. The number of amides is 2. The number of hydrogen-bond acceptors (Lipinski definition) is 6. The number of aryl methyl sites for hydroxylation is 1. The van der Waals surface area contributed by atoms with Crippen LogP contribution in [0.15, 0.2) is 23.0 Å². The normalized spacial score (nSPS) is 19.6. The van der Waals surface area contributed by atoms with Gasteiger partial charge in [-0.1, -0.05) is 6.07 Å². The Bertz CT molecular complexity index is 1150. The lowest BCUT2D eigenvalue weighted by Gasteiger charge is -2.34. The molecular weight excluding hydrogens is 459 g/mol. The summed E-state index contributed by atoms with van der Waals surface area (Å²) in [5.41, 5.74) is 2.38. The molecule has 1 aromatic heterocycles. The molecule has 2 aromatic rings. The third kappa shape index (κ3) is 5.08. The molecule has 2 amide bonds. The summed E-state index contributed by atoms with van der Waals surface area (Å²) in [7, 11) is 3.74. The molecule has 186 valence electrons. The fourth-order valence-electron chi connectivity index (χ4n) is 4.31. The molecule has 3 heterocycles. The Balaban J connectivity index is 0.000000406. The minimum atomic E-state index is -5.08. The molecule has 0 radical (unpaired) electrons. The molecular formula is C21H26F3N5O5. The van der Waals surface area contributed by atoms with Crippen molar-refractivity contribution in [1.29, 1.82) is 0 Å². The fraction of sp³-hybridized carbons (Fsp3) is 0.524. The predicted molar refractivity (Wildman–Crippen MR) is 117 cm³/mol. The zero-order chi connectivity index (χ0) is 25.2. The van der Waals surface area contributed by atoms with E-state index in [1.807, 2.05) is 25.2 Å². The van der Waals surface area contributed by atoms with Gasteiger partial charge < -0.3 is 15.3 Å². The van der Waals surface area contributed by atoms with E-state index >= 15 is 0 Å². The lowest BCUT2D eigenvalue weighted by atomic mass is 10.0. The number of imide groups is 1. The maximum absolute atomic E-state index is 13.0. The van der Waals surface area contributed by atoms with E-state index in [1.54, 1.807) is 16.2 Å². The van der Waals surface area contributed by atoms with Crippen molar-refractivity contribution in [1.82, 2.24) is 19.8 Å². The highest BCUT2D eigenvalue weighted by Crippen LogP contribution is 2.31. The van der Waals surface area contributed by atoms with Crippen LogP contribution in [0.1, 0.15) is 31.7 Å². The van der Waals surface area contributed by atoms with Gasteiger partial charge in [0, 0.05) is 32.6 Å². The maximum Gasteiger partial charge on any atom is 0.490 e. The quantitative estimate of drug-likeness (QED) is 0.557. The van der Waals surface area contributed by atoms with Gasteiger partial charge in [-0.15, -0.1) is 0 Å². The summed E-state index contributed by atoms with van der Waals surface area (Å²) in [4.78, 5) is 48.0. The first-order chi connectivity index (χ1) is 16.0. The van der Waals surface area contributed by atoms with E-state index in [0.29, 0.717) is 12.5 Å². The standard InChI is InChI=1S/C19H25N5O3.C2HF3O2/c1-20-12-8-10-23(11-9-12)13-4-3-5-14-17(13)22(2)19(27)24(14)15-6-7-16(25)21-18(15)26;3-2(4,5)1(6)7/h3-5,12,15,20H,6-11H2,1-2H3,(H,21,25,26);(H,6,7). The number of hydrogen-bond donors (Lipinski definition) is 3. The van der Waals surface area contributed by atoms with Crippen LogP contribution in [0.25, 0.3) is 11.0 Å². The largest absolute Gasteiger partial charge is 0.490 e. The lowest BCUT2D eigenvalue weighted by Crippen LogP contribution is -2.44. The smallest absolute Gasteiger partial charge is 0.475 e. The third-order valence-corrected chi connectivity index (χ3v) is 6.09. The number of rotatable bonds is 3. The number of carboxylic acids is 1. The summed E-state index contributed by atoms with van der Waals surface area (Å²) in [6, 6.07) is 5.73. The number of piperidine rings is 2. The monoisotopic (exact) mass is 485 g/mol. The first kappa shape index (κ1) is 25.3. The number of carboxylic acid groups (broad SMARTS) is 1. The van der Waals surface area contributed by atoms with E-state index in [-0.39, 0.29) is 18.0 Å². The van der Waals surface area contributed by atoms with Crippen molar-refractivity contribution in [2.24, 2.45) is 7.05 Å². The Kier molecular flexibility index (Phi) is 7.34. The van der Waals surface area contributed by atoms with Crippen molar-refractivity contribution in [3.63, 3.8) is 0 Å². The van der Waals surface area contributed by atoms with Gasteiger partial charge in [0.2, 0.25) is 11.8 Å². The molecule has 4 rings (SSSR count). The van der Waals surface area contributed by atoms with Gasteiger partial charge in [-0.25, -0.2) is 9.59 Å². The second kappa shape index (κ2) is 9.87. The van der Waals surface area contributed by atoms with Gasteiger partial charge in [-0.2, -0.15) is 13.2 Å². The Labute approximate surface area is 192 Å². The minimum Gasteiger partial charge on any atom is -0.475 e. The van der Waals surface area contributed by atoms with Crippen molar-refractivity contribution in [2.75, 3.05) is 25.0 Å². The number of halogens is 3. The molecule has 2 fully saturated rings. The van der Waals surface area contributed by atoms with Crippen LogP contribution in [-0.2, 0) is 21.4 Å². The average Bonchev–Trinajstić information content (AvgIpc) is 3.04. The number of anilines is 1. The van der Waals surface area contributed by atoms with Crippen molar-refractivity contribution >= 4 is 34.5 Å². The number of nitrogens with one attached hydrogen (secondary N) is 2. The number of carbonyl (C=O) groups is 3. The first-order valence-electron chi connectivity index (χ1n) is 10.7. The second-order valence-electron chi connectivity index (χ2n) is 8.18. The summed E-state index contributed by atoms with van der Waals surface area (Å²) >= 11 is 0. The van der Waals surface area contributed by atoms with Gasteiger partial charge >= 0.3 is 17.8 Å². The van der Waals surface area contributed by atoms with Crippen LogP contribution in [0, 0.1) is 0 Å². The van der Waals surface area contributed by atoms with Crippen molar-refractivity contribution < 1.29 is 32.7 Å². The molecule has 0 bridgehead atoms. The molecule has 10 nitrogen and oxygen atoms in total. The van der Waals surface area contributed by atoms with E-state index in [9.17, 15) is 27.6 Å². The summed E-state index contributed by atoms with van der Waals surface area (Å²) in [5.74, 6) is -3.44. The summed E-state index contributed by atoms with van der Waals surface area (Å²) in [6.45, 7) is 1.84. The zero-order valence-corrected chi connectivity index (χ0v) is 18.7. The minimum absolute atomic E-state index is 0.225. The average molecular weight is 485 g/mol. The van der Waals surface area contributed by atoms with Crippen LogP contribution in [0.2, 0.25) is 0 Å². The van der Waals surface area contributed by atoms with Crippen LogP contribution in [-0.4, -0.2) is 64.4 Å². The molecule has 34 heavy (non-hydrogen) atoms. The molecule has 2 saturated heterocycles. The number of imidazole rings is 1. The lowest BCUT2D eigenvalue weighted by molar-refractivity contribution is -0.192. The molecule has 1 unspecified atom stereocenters. The highest BCUT2D eigenvalue weighted by Gasteiger charge is 2.38. The van der Waals surface area contributed by atoms with Gasteiger partial charge in [-0.05, 0) is 38.4 Å². The van der Waals surface area contributed by atoms with Crippen LogP contribution >= 0.6 is 0 Å². The Morgan fingerprint density at radius 1 is 1.15 bits per heavy atom. The Morgan fingerprint density at radius 3 is 2.29 bits per heavy atom. The highest BCUT2D eigenvalue weighted by atomic mass is 19.4. The molecule has 0 aliphatic carbocycles. The van der Waals surface area contributed by atoms with Crippen molar-refractivity contribution in [3.8, 4) is 0 Å². The van der Waals surface area contributed by atoms with E-state index in [2.05, 4.69) is 15.5 Å². The summed E-state index contributed by atoms with van der Waals surface area (Å²) in [6.07, 6.45) is -2.39. The van der Waals surface area contributed by atoms with E-state index in [4.69, 9.17) is 9.90 Å². The number of aromatic nitrogens is 2. The van der Waals surface area contributed by atoms with E-state index in [1.165, 1.54) is 0 Å².